The minimum atomic E-state index is -0.470. The predicted molar refractivity (Wildman–Crippen MR) is 158 cm³/mol. The van der Waals surface area contributed by atoms with Gasteiger partial charge in [0.05, 0.1) is 5.69 Å². The fourth-order valence-electron chi connectivity index (χ4n) is 2.95. The number of carbonyl (C=O) groups excluding carboxylic acids is 1. The third-order valence-electron chi connectivity index (χ3n) is 5.51. The van der Waals surface area contributed by atoms with Gasteiger partial charge in [-0.3, -0.25) is 4.79 Å². The van der Waals surface area contributed by atoms with Gasteiger partial charge in [-0.1, -0.05) is 103 Å². The lowest BCUT2D eigenvalue weighted by molar-refractivity contribution is -0.126. The first-order valence-corrected chi connectivity index (χ1v) is 14.7. The third-order valence-corrected chi connectivity index (χ3v) is 6.08. The van der Waals surface area contributed by atoms with Gasteiger partial charge in [-0.15, -0.1) is 0 Å². The van der Waals surface area contributed by atoms with Gasteiger partial charge in [0, 0.05) is 18.7 Å². The number of thioether (sulfide) groups is 1. The molecule has 0 radical (unpaired) electrons. The van der Waals surface area contributed by atoms with Crippen molar-refractivity contribution in [3.63, 3.8) is 0 Å². The molecule has 0 N–H and O–H groups in total. The molecule has 0 fully saturated rings. The summed E-state index contributed by atoms with van der Waals surface area (Å²) in [4.78, 5) is 14.4. The molecule has 1 amide bonds. The summed E-state index contributed by atoms with van der Waals surface area (Å²) >= 11 is 1.16. The quantitative estimate of drug-likeness (QED) is 0.239. The van der Waals surface area contributed by atoms with Gasteiger partial charge in [-0.2, -0.15) is 5.26 Å². The monoisotopic (exact) mass is 530 g/mol. The molecule has 0 spiro atoms. The molecular weight excluding hydrogens is 483 g/mol. The molecule has 1 heterocycles. The van der Waals surface area contributed by atoms with Gasteiger partial charge in [0.25, 0.3) is 5.91 Å². The van der Waals surface area contributed by atoms with Gasteiger partial charge in [0.1, 0.15) is 17.0 Å². The van der Waals surface area contributed by atoms with Crippen molar-refractivity contribution >= 4 is 23.4 Å². The van der Waals surface area contributed by atoms with Crippen LogP contribution in [-0.4, -0.2) is 24.3 Å². The molecule has 0 saturated heterocycles. The molecule has 6 heteroatoms. The van der Waals surface area contributed by atoms with E-state index in [1.165, 1.54) is 37.8 Å². The topological polar surface area (TPSA) is 53.3 Å². The van der Waals surface area contributed by atoms with Gasteiger partial charge < -0.3 is 9.64 Å². The highest BCUT2D eigenvalue weighted by atomic mass is 32.2. The Kier molecular flexibility index (Phi) is 21.1. The summed E-state index contributed by atoms with van der Waals surface area (Å²) in [7, 11) is 0. The van der Waals surface area contributed by atoms with Crippen LogP contribution < -0.4 is 9.64 Å². The number of amides is 1. The molecule has 0 aromatic heterocycles. The van der Waals surface area contributed by atoms with Gasteiger partial charge >= 0.3 is 0 Å². The number of carbonyl (C=O) groups is 1. The van der Waals surface area contributed by atoms with Gasteiger partial charge in [-0.05, 0) is 49.4 Å². The summed E-state index contributed by atoms with van der Waals surface area (Å²) in [6.07, 6.45) is 8.61. The molecular formula is C31H47FN2O2S. The second kappa shape index (κ2) is 22.7. The lowest BCUT2D eigenvalue weighted by atomic mass is 10.1. The average Bonchev–Trinajstić information content (AvgIpc) is 2.93. The zero-order valence-electron chi connectivity index (χ0n) is 23.8. The maximum Gasteiger partial charge on any atom is 0.268 e. The summed E-state index contributed by atoms with van der Waals surface area (Å²) in [5.74, 6) is 1.22. The van der Waals surface area contributed by atoms with Gasteiger partial charge in [0.2, 0.25) is 0 Å². The number of unbranched alkanes of at least 4 members (excludes halogenated alkanes) is 4. The van der Waals surface area contributed by atoms with Crippen molar-refractivity contribution < 1.29 is 13.9 Å². The fraction of sp³-hybridized carbons (Fsp3) is 0.548. The number of thiocyanates is 1. The van der Waals surface area contributed by atoms with E-state index in [-0.39, 0.29) is 11.7 Å². The number of benzene rings is 2. The first-order valence-electron chi connectivity index (χ1n) is 13.7. The molecule has 0 bridgehead atoms. The van der Waals surface area contributed by atoms with Gasteiger partial charge in [-0.25, -0.2) is 4.39 Å². The number of anilines is 1. The fourth-order valence-corrected chi connectivity index (χ4v) is 3.38. The van der Waals surface area contributed by atoms with Crippen LogP contribution in [0.3, 0.4) is 0 Å². The molecule has 206 valence electrons. The number of ether oxygens (including phenoxy) is 1. The number of fused-ring (bicyclic) bond motifs is 1. The van der Waals surface area contributed by atoms with Crippen molar-refractivity contribution in [1.82, 2.24) is 0 Å². The van der Waals surface area contributed by atoms with E-state index in [1.807, 2.05) is 41.5 Å². The summed E-state index contributed by atoms with van der Waals surface area (Å²) in [6.45, 7) is 13.5. The number of para-hydroxylation sites is 2. The largest absolute Gasteiger partial charge is 0.478 e. The Labute approximate surface area is 229 Å². The second-order valence-corrected chi connectivity index (χ2v) is 9.67. The van der Waals surface area contributed by atoms with Crippen molar-refractivity contribution in [1.29, 1.82) is 5.26 Å². The Morgan fingerprint density at radius 3 is 2.03 bits per heavy atom. The summed E-state index contributed by atoms with van der Waals surface area (Å²) in [5, 5.41) is 10.6. The van der Waals surface area contributed by atoms with Crippen LogP contribution in [0.1, 0.15) is 91.5 Å². The zero-order valence-corrected chi connectivity index (χ0v) is 24.6. The van der Waals surface area contributed by atoms with Crippen molar-refractivity contribution in [2.75, 3.05) is 17.2 Å². The first kappa shape index (κ1) is 34.5. The van der Waals surface area contributed by atoms with Crippen LogP contribution in [0.4, 0.5) is 10.1 Å². The molecule has 0 saturated carbocycles. The molecule has 1 aliphatic heterocycles. The Bertz CT molecular complexity index is 855. The van der Waals surface area contributed by atoms with Crippen molar-refractivity contribution in [2.24, 2.45) is 0 Å². The number of nitrogens with zero attached hydrogens (tertiary/aromatic N) is 2. The smallest absolute Gasteiger partial charge is 0.268 e. The Balaban J connectivity index is 0.000000660. The second-order valence-electron chi connectivity index (χ2n) is 8.80. The van der Waals surface area contributed by atoms with Crippen LogP contribution in [0.5, 0.6) is 5.75 Å². The number of halogens is 1. The number of rotatable bonds is 9. The summed E-state index contributed by atoms with van der Waals surface area (Å²) in [5.41, 5.74) is 1.95. The molecule has 2 aromatic carbocycles. The maximum absolute atomic E-state index is 12.6. The molecule has 1 atom stereocenters. The predicted octanol–water partition coefficient (Wildman–Crippen LogP) is 9.32. The number of hydrogen-bond donors (Lipinski definition) is 0. The number of nitriles is 1. The van der Waals surface area contributed by atoms with Crippen LogP contribution in [0.2, 0.25) is 0 Å². The van der Waals surface area contributed by atoms with Crippen molar-refractivity contribution in [3.05, 3.63) is 59.9 Å². The lowest BCUT2D eigenvalue weighted by Gasteiger charge is -2.34. The highest BCUT2D eigenvalue weighted by Crippen LogP contribution is 2.34. The van der Waals surface area contributed by atoms with E-state index in [2.05, 4.69) is 34.6 Å². The molecule has 2 aromatic rings. The normalized spacial score (nSPS) is 13.3. The first-order chi connectivity index (χ1) is 17.9. The standard InChI is InChI=1S/C16H20N2O2S.C7H7F.2C4H10/c1-2-3-6-10-18-13-7-4-5-8-14(13)20-15(16(18)19)9-11-21-12-17;1-6-2-4-7(8)5-3-6;2*1-3-4-2/h4-5,7-8,15H,2-3,6,9-11H2,1H3;2-5H,1H3;2*3-4H2,1-2H3. The van der Waals surface area contributed by atoms with Crippen molar-refractivity contribution in [3.8, 4) is 11.2 Å². The van der Waals surface area contributed by atoms with E-state index in [0.717, 1.165) is 54.6 Å². The average molecular weight is 531 g/mol. The highest BCUT2D eigenvalue weighted by Gasteiger charge is 2.33. The van der Waals surface area contributed by atoms with E-state index < -0.39 is 6.10 Å². The Morgan fingerprint density at radius 2 is 1.51 bits per heavy atom. The van der Waals surface area contributed by atoms with E-state index >= 15 is 0 Å². The Hall–Kier alpha value is -2.52. The minimum absolute atomic E-state index is 0.0170. The van der Waals surface area contributed by atoms with E-state index in [4.69, 9.17) is 10.00 Å². The SMILES string of the molecule is CCCC.CCCC.CCCCCN1C(=O)C(CCSC#N)Oc2ccccc21.Cc1ccc(F)cc1. The van der Waals surface area contributed by atoms with Crippen molar-refractivity contribution in [2.45, 2.75) is 99.0 Å². The maximum atomic E-state index is 12.6. The molecule has 3 rings (SSSR count). The van der Waals surface area contributed by atoms with Crippen LogP contribution in [0, 0.1) is 23.4 Å². The van der Waals surface area contributed by atoms with Crippen LogP contribution in [0.25, 0.3) is 0 Å². The molecule has 0 aliphatic carbocycles. The zero-order chi connectivity index (χ0) is 27.9. The van der Waals surface area contributed by atoms with Crippen LogP contribution in [-0.2, 0) is 4.79 Å². The molecule has 37 heavy (non-hydrogen) atoms. The van der Waals surface area contributed by atoms with Gasteiger partial charge in [0.15, 0.2) is 6.10 Å². The van der Waals surface area contributed by atoms with E-state index in [1.54, 1.807) is 12.1 Å². The van der Waals surface area contributed by atoms with E-state index in [0.29, 0.717) is 12.2 Å². The third kappa shape index (κ3) is 15.4. The molecule has 4 nitrogen and oxygen atoms in total. The minimum Gasteiger partial charge on any atom is -0.478 e. The highest BCUT2D eigenvalue weighted by molar-refractivity contribution is 8.03. The lowest BCUT2D eigenvalue weighted by Crippen LogP contribution is -2.46. The summed E-state index contributed by atoms with van der Waals surface area (Å²) < 4.78 is 17.9. The van der Waals surface area contributed by atoms with Crippen LogP contribution in [0.15, 0.2) is 48.5 Å². The Morgan fingerprint density at radius 1 is 0.919 bits per heavy atom. The summed E-state index contributed by atoms with van der Waals surface area (Å²) in [6, 6.07) is 14.1. The van der Waals surface area contributed by atoms with E-state index in [9.17, 15) is 9.18 Å². The number of aryl methyl sites for hydroxylation is 1. The number of hydrogen-bond acceptors (Lipinski definition) is 4. The molecule has 1 unspecified atom stereocenters. The molecule has 1 aliphatic rings. The van der Waals surface area contributed by atoms with Crippen LogP contribution >= 0.6 is 11.8 Å².